The lowest BCUT2D eigenvalue weighted by Gasteiger charge is -2.10. The van der Waals surface area contributed by atoms with Gasteiger partial charge >= 0.3 is 0 Å². The first-order valence-corrected chi connectivity index (χ1v) is 6.79. The molecule has 0 amide bonds. The molecule has 0 fully saturated rings. The van der Waals surface area contributed by atoms with Gasteiger partial charge in [-0.2, -0.15) is 0 Å². The Labute approximate surface area is 129 Å². The molecule has 0 bridgehead atoms. The van der Waals surface area contributed by atoms with E-state index in [0.717, 1.165) is 5.56 Å². The van der Waals surface area contributed by atoms with Gasteiger partial charge in [-0.3, -0.25) is 10.1 Å². The highest BCUT2D eigenvalue weighted by Gasteiger charge is 2.16. The third-order valence-corrected chi connectivity index (χ3v) is 3.76. The van der Waals surface area contributed by atoms with Crippen molar-refractivity contribution in [3.05, 3.63) is 44.0 Å². The summed E-state index contributed by atoms with van der Waals surface area (Å²) < 4.78 is 5.63. The second-order valence-corrected chi connectivity index (χ2v) is 5.18. The number of hydrogen-bond donors (Lipinski definition) is 1. The van der Waals surface area contributed by atoms with Crippen LogP contribution in [-0.4, -0.2) is 22.0 Å². The molecule has 0 saturated heterocycles. The van der Waals surface area contributed by atoms with Gasteiger partial charge in [-0.15, -0.1) is 0 Å². The number of nitrogens with two attached hydrogens (primary N) is 1. The number of rotatable bonds is 4. The summed E-state index contributed by atoms with van der Waals surface area (Å²) in [6, 6.07) is 4.54. The maximum Gasteiger partial charge on any atom is 0.270 e. The van der Waals surface area contributed by atoms with Crippen molar-refractivity contribution in [1.82, 2.24) is 9.97 Å². The number of halogens is 1. The fourth-order valence-electron chi connectivity index (χ4n) is 1.83. The van der Waals surface area contributed by atoms with Gasteiger partial charge < -0.3 is 10.5 Å². The standard InChI is InChI=1S/C13H13BrN4O3/c1-7-3-4-8(18(19)20)5-9(7)13-16-10(6-21-2)11(14)12(15)17-13/h3-5H,6H2,1-2H3,(H2,15,16,17). The highest BCUT2D eigenvalue weighted by Crippen LogP contribution is 2.29. The molecule has 0 unspecified atom stereocenters. The van der Waals surface area contributed by atoms with E-state index in [9.17, 15) is 10.1 Å². The first kappa shape index (κ1) is 15.3. The molecule has 1 heterocycles. The monoisotopic (exact) mass is 352 g/mol. The lowest BCUT2D eigenvalue weighted by molar-refractivity contribution is -0.384. The summed E-state index contributed by atoms with van der Waals surface area (Å²) in [7, 11) is 1.54. The van der Waals surface area contributed by atoms with Gasteiger partial charge in [0.15, 0.2) is 5.82 Å². The van der Waals surface area contributed by atoms with Crippen molar-refractivity contribution < 1.29 is 9.66 Å². The number of nitro benzene ring substituents is 1. The summed E-state index contributed by atoms with van der Waals surface area (Å²) in [6.07, 6.45) is 0. The fraction of sp³-hybridized carbons (Fsp3) is 0.231. The first-order chi connectivity index (χ1) is 9.93. The van der Waals surface area contributed by atoms with Crippen LogP contribution in [-0.2, 0) is 11.3 Å². The van der Waals surface area contributed by atoms with Gasteiger partial charge in [0.1, 0.15) is 5.82 Å². The third-order valence-electron chi connectivity index (χ3n) is 2.90. The Hall–Kier alpha value is -2.06. The van der Waals surface area contributed by atoms with Gasteiger partial charge in [0.05, 0.1) is 21.7 Å². The lowest BCUT2D eigenvalue weighted by atomic mass is 10.1. The normalized spacial score (nSPS) is 10.6. The number of hydrogen-bond acceptors (Lipinski definition) is 6. The quantitative estimate of drug-likeness (QED) is 0.669. The van der Waals surface area contributed by atoms with Crippen molar-refractivity contribution in [1.29, 1.82) is 0 Å². The molecule has 0 aliphatic carbocycles. The van der Waals surface area contributed by atoms with Gasteiger partial charge in [0, 0.05) is 24.8 Å². The third kappa shape index (κ3) is 3.17. The van der Waals surface area contributed by atoms with Crippen LogP contribution in [0.2, 0.25) is 0 Å². The second-order valence-electron chi connectivity index (χ2n) is 4.38. The van der Waals surface area contributed by atoms with Gasteiger partial charge in [-0.1, -0.05) is 6.07 Å². The van der Waals surface area contributed by atoms with Crippen LogP contribution in [0.1, 0.15) is 11.3 Å². The van der Waals surface area contributed by atoms with Crippen molar-refractivity contribution in [3.63, 3.8) is 0 Å². The number of nitro groups is 1. The highest BCUT2D eigenvalue weighted by molar-refractivity contribution is 9.10. The Balaban J connectivity index is 2.61. The summed E-state index contributed by atoms with van der Waals surface area (Å²) in [5.41, 5.74) is 7.81. The van der Waals surface area contributed by atoms with E-state index in [-0.39, 0.29) is 18.1 Å². The molecule has 7 nitrogen and oxygen atoms in total. The minimum atomic E-state index is -0.457. The number of anilines is 1. The van der Waals surface area contributed by atoms with Crippen LogP contribution in [0, 0.1) is 17.0 Å². The van der Waals surface area contributed by atoms with E-state index in [1.54, 1.807) is 13.2 Å². The molecule has 110 valence electrons. The number of nitrogens with zero attached hydrogens (tertiary/aromatic N) is 3. The molecule has 0 aliphatic heterocycles. The Morgan fingerprint density at radius 3 is 2.76 bits per heavy atom. The number of ether oxygens (including phenoxy) is 1. The van der Waals surface area contributed by atoms with Crippen LogP contribution in [0.25, 0.3) is 11.4 Å². The lowest BCUT2D eigenvalue weighted by Crippen LogP contribution is -2.04. The Morgan fingerprint density at radius 2 is 2.14 bits per heavy atom. The molecule has 2 aromatic rings. The van der Waals surface area contributed by atoms with Gasteiger partial charge in [0.25, 0.3) is 5.69 Å². The van der Waals surface area contributed by atoms with Crippen LogP contribution in [0.5, 0.6) is 0 Å². The molecule has 2 rings (SSSR count). The van der Waals surface area contributed by atoms with E-state index in [0.29, 0.717) is 21.6 Å². The zero-order valence-corrected chi connectivity index (χ0v) is 13.0. The Kier molecular flexibility index (Phi) is 4.49. The average molecular weight is 353 g/mol. The second kappa shape index (κ2) is 6.15. The summed E-state index contributed by atoms with van der Waals surface area (Å²) in [5, 5.41) is 10.9. The number of benzene rings is 1. The minimum Gasteiger partial charge on any atom is -0.383 e. The number of non-ortho nitro benzene ring substituents is 1. The van der Waals surface area contributed by atoms with E-state index < -0.39 is 4.92 Å². The first-order valence-electron chi connectivity index (χ1n) is 6.00. The van der Waals surface area contributed by atoms with E-state index in [2.05, 4.69) is 25.9 Å². The van der Waals surface area contributed by atoms with E-state index in [1.165, 1.54) is 12.1 Å². The number of aryl methyl sites for hydroxylation is 1. The summed E-state index contributed by atoms with van der Waals surface area (Å²) in [4.78, 5) is 19.0. The van der Waals surface area contributed by atoms with Crippen molar-refractivity contribution in [3.8, 4) is 11.4 Å². The largest absolute Gasteiger partial charge is 0.383 e. The molecule has 1 aromatic carbocycles. The minimum absolute atomic E-state index is 0.0195. The Morgan fingerprint density at radius 1 is 1.43 bits per heavy atom. The molecular formula is C13H13BrN4O3. The molecular weight excluding hydrogens is 340 g/mol. The molecule has 0 aliphatic rings. The van der Waals surface area contributed by atoms with E-state index >= 15 is 0 Å². The van der Waals surface area contributed by atoms with Crippen molar-refractivity contribution in [2.75, 3.05) is 12.8 Å². The van der Waals surface area contributed by atoms with Crippen LogP contribution < -0.4 is 5.73 Å². The van der Waals surface area contributed by atoms with Crippen LogP contribution >= 0.6 is 15.9 Å². The Bertz CT molecular complexity index is 706. The number of nitrogen functional groups attached to an aromatic ring is 1. The molecule has 0 radical (unpaired) electrons. The van der Waals surface area contributed by atoms with E-state index in [4.69, 9.17) is 10.5 Å². The van der Waals surface area contributed by atoms with Crippen LogP contribution in [0.3, 0.4) is 0 Å². The van der Waals surface area contributed by atoms with Gasteiger partial charge in [-0.25, -0.2) is 9.97 Å². The maximum absolute atomic E-state index is 10.9. The van der Waals surface area contributed by atoms with E-state index in [1.807, 2.05) is 6.92 Å². The van der Waals surface area contributed by atoms with Crippen molar-refractivity contribution in [2.45, 2.75) is 13.5 Å². The highest BCUT2D eigenvalue weighted by atomic mass is 79.9. The van der Waals surface area contributed by atoms with Gasteiger partial charge in [0.2, 0.25) is 0 Å². The number of methoxy groups -OCH3 is 1. The van der Waals surface area contributed by atoms with Gasteiger partial charge in [-0.05, 0) is 28.4 Å². The number of aromatic nitrogens is 2. The fourth-order valence-corrected chi connectivity index (χ4v) is 2.12. The summed E-state index contributed by atoms with van der Waals surface area (Å²) >= 11 is 3.31. The molecule has 21 heavy (non-hydrogen) atoms. The maximum atomic E-state index is 10.9. The summed E-state index contributed by atoms with van der Waals surface area (Å²) in [5.74, 6) is 0.599. The SMILES string of the molecule is COCc1nc(-c2cc([N+](=O)[O-])ccc2C)nc(N)c1Br. The molecule has 0 atom stereocenters. The summed E-state index contributed by atoms with van der Waals surface area (Å²) in [6.45, 7) is 2.09. The van der Waals surface area contributed by atoms with Crippen LogP contribution in [0.4, 0.5) is 11.5 Å². The predicted octanol–water partition coefficient (Wildman–Crippen LogP) is 2.85. The molecule has 1 aromatic heterocycles. The average Bonchev–Trinajstić information content (AvgIpc) is 2.44. The zero-order chi connectivity index (χ0) is 15.6. The zero-order valence-electron chi connectivity index (χ0n) is 11.5. The molecule has 0 spiro atoms. The topological polar surface area (TPSA) is 104 Å². The van der Waals surface area contributed by atoms with Crippen LogP contribution in [0.15, 0.2) is 22.7 Å². The van der Waals surface area contributed by atoms with Crippen molar-refractivity contribution in [2.24, 2.45) is 0 Å². The smallest absolute Gasteiger partial charge is 0.270 e. The molecule has 8 heteroatoms. The molecule has 0 saturated carbocycles. The molecule has 2 N–H and O–H groups in total. The van der Waals surface area contributed by atoms with Crippen molar-refractivity contribution >= 4 is 27.4 Å². The predicted molar refractivity (Wildman–Crippen MR) is 81.7 cm³/mol.